The van der Waals surface area contributed by atoms with Gasteiger partial charge in [-0.15, -0.1) is 0 Å². The predicted molar refractivity (Wildman–Crippen MR) is 71.1 cm³/mol. The molecule has 4 heteroatoms. The van der Waals surface area contributed by atoms with E-state index in [1.54, 1.807) is 13.8 Å². The van der Waals surface area contributed by atoms with Gasteiger partial charge in [0, 0.05) is 21.6 Å². The molecule has 0 spiro atoms. The molecule has 17 heavy (non-hydrogen) atoms. The molecular formula is C13H14BrNO2. The zero-order valence-electron chi connectivity index (χ0n) is 9.75. The molecular weight excluding hydrogens is 282 g/mol. The third kappa shape index (κ3) is 2.36. The Hall–Kier alpha value is -1.29. The Morgan fingerprint density at radius 3 is 2.82 bits per heavy atom. The number of H-pyrrole nitrogens is 1. The summed E-state index contributed by atoms with van der Waals surface area (Å²) in [6.45, 7) is 3.48. The third-order valence-electron chi connectivity index (χ3n) is 2.94. The van der Waals surface area contributed by atoms with Crippen LogP contribution in [0.4, 0.5) is 0 Å². The van der Waals surface area contributed by atoms with E-state index in [-0.39, 0.29) is 0 Å². The van der Waals surface area contributed by atoms with E-state index in [1.165, 1.54) is 0 Å². The Bertz CT molecular complexity index is 572. The Balaban J connectivity index is 2.43. The summed E-state index contributed by atoms with van der Waals surface area (Å²) in [5.74, 6) is -0.776. The van der Waals surface area contributed by atoms with Crippen LogP contribution < -0.4 is 0 Å². The van der Waals surface area contributed by atoms with Crippen molar-refractivity contribution < 1.29 is 9.90 Å². The summed E-state index contributed by atoms with van der Waals surface area (Å²) in [5.41, 5.74) is 1.32. The summed E-state index contributed by atoms with van der Waals surface area (Å²) in [7, 11) is 0. The highest BCUT2D eigenvalue weighted by Gasteiger charge is 2.28. The van der Waals surface area contributed by atoms with Crippen molar-refractivity contribution in [1.29, 1.82) is 0 Å². The molecule has 0 aliphatic rings. The highest BCUT2D eigenvalue weighted by Crippen LogP contribution is 2.29. The molecule has 2 rings (SSSR count). The first-order valence-corrected chi connectivity index (χ1v) is 6.18. The van der Waals surface area contributed by atoms with Gasteiger partial charge in [-0.1, -0.05) is 15.9 Å². The second-order valence-corrected chi connectivity index (χ2v) is 5.79. The van der Waals surface area contributed by atoms with E-state index in [2.05, 4.69) is 20.9 Å². The topological polar surface area (TPSA) is 53.1 Å². The lowest BCUT2D eigenvalue weighted by atomic mass is 9.86. The van der Waals surface area contributed by atoms with E-state index in [0.717, 1.165) is 20.9 Å². The van der Waals surface area contributed by atoms with Crippen molar-refractivity contribution in [1.82, 2.24) is 4.98 Å². The van der Waals surface area contributed by atoms with Crippen LogP contribution in [-0.4, -0.2) is 16.1 Å². The van der Waals surface area contributed by atoms with Gasteiger partial charge >= 0.3 is 5.97 Å². The maximum absolute atomic E-state index is 11.1. The maximum Gasteiger partial charge on any atom is 0.309 e. The number of carbonyl (C=O) groups is 1. The molecule has 0 bridgehead atoms. The number of benzene rings is 1. The van der Waals surface area contributed by atoms with Crippen molar-refractivity contribution in [3.63, 3.8) is 0 Å². The predicted octanol–water partition coefficient (Wildman–Crippen LogP) is 3.58. The van der Waals surface area contributed by atoms with Gasteiger partial charge in [0.1, 0.15) is 0 Å². The second-order valence-electron chi connectivity index (χ2n) is 4.87. The number of hydrogen-bond donors (Lipinski definition) is 2. The zero-order chi connectivity index (χ0) is 12.6. The third-order valence-corrected chi connectivity index (χ3v) is 3.43. The minimum absolute atomic E-state index is 0.513. The average molecular weight is 296 g/mol. The molecule has 0 amide bonds. The van der Waals surface area contributed by atoms with E-state index in [4.69, 9.17) is 5.11 Å². The van der Waals surface area contributed by atoms with Crippen LogP contribution in [0.2, 0.25) is 0 Å². The van der Waals surface area contributed by atoms with Gasteiger partial charge in [-0.25, -0.2) is 0 Å². The molecule has 2 N–H and O–H groups in total. The second kappa shape index (κ2) is 4.18. The van der Waals surface area contributed by atoms with Gasteiger partial charge in [0.15, 0.2) is 0 Å². The first kappa shape index (κ1) is 12.2. The summed E-state index contributed by atoms with van der Waals surface area (Å²) in [6.07, 6.45) is 2.40. The van der Waals surface area contributed by atoms with Gasteiger partial charge in [0.05, 0.1) is 5.41 Å². The average Bonchev–Trinajstić information content (AvgIpc) is 2.60. The van der Waals surface area contributed by atoms with Crippen molar-refractivity contribution >= 4 is 32.8 Å². The molecule has 0 saturated heterocycles. The van der Waals surface area contributed by atoms with Crippen LogP contribution in [0, 0.1) is 5.41 Å². The number of carboxylic acids is 1. The lowest BCUT2D eigenvalue weighted by molar-refractivity contribution is -0.146. The first-order chi connectivity index (χ1) is 7.90. The largest absolute Gasteiger partial charge is 0.481 e. The number of carboxylic acid groups (broad SMARTS) is 1. The van der Waals surface area contributed by atoms with Crippen LogP contribution in [0.3, 0.4) is 0 Å². The molecule has 0 atom stereocenters. The van der Waals surface area contributed by atoms with Crippen LogP contribution in [0.25, 0.3) is 10.9 Å². The summed E-state index contributed by atoms with van der Waals surface area (Å²) >= 11 is 3.43. The van der Waals surface area contributed by atoms with Gasteiger partial charge < -0.3 is 10.1 Å². The standard InChI is InChI=1S/C13H14BrNO2/c1-13(2,12(16)17)6-8-7-15-11-4-3-9(14)5-10(8)11/h3-5,7,15H,6H2,1-2H3,(H,16,17). The van der Waals surface area contributed by atoms with E-state index in [9.17, 15) is 4.79 Å². The summed E-state index contributed by atoms with van der Waals surface area (Å²) < 4.78 is 0.999. The van der Waals surface area contributed by atoms with Crippen molar-refractivity contribution in [2.24, 2.45) is 5.41 Å². The highest BCUT2D eigenvalue weighted by molar-refractivity contribution is 9.10. The highest BCUT2D eigenvalue weighted by atomic mass is 79.9. The number of aromatic amines is 1. The van der Waals surface area contributed by atoms with Crippen LogP contribution in [0.5, 0.6) is 0 Å². The van der Waals surface area contributed by atoms with Crippen LogP contribution in [0.15, 0.2) is 28.9 Å². The Kier molecular flexibility index (Phi) is 3.00. The number of halogens is 1. The van der Waals surface area contributed by atoms with Gasteiger partial charge in [0.25, 0.3) is 0 Å². The maximum atomic E-state index is 11.1. The number of rotatable bonds is 3. The minimum atomic E-state index is -0.776. The lowest BCUT2D eigenvalue weighted by Crippen LogP contribution is -2.26. The van der Waals surface area contributed by atoms with Gasteiger partial charge in [-0.2, -0.15) is 0 Å². The molecule has 3 nitrogen and oxygen atoms in total. The fourth-order valence-corrected chi connectivity index (χ4v) is 2.21. The molecule has 0 unspecified atom stereocenters. The Morgan fingerprint density at radius 1 is 1.47 bits per heavy atom. The Labute approximate surface area is 108 Å². The van der Waals surface area contributed by atoms with Gasteiger partial charge in [-0.05, 0) is 44.0 Å². The normalized spacial score (nSPS) is 11.9. The molecule has 0 aliphatic carbocycles. The number of hydrogen-bond acceptors (Lipinski definition) is 1. The fourth-order valence-electron chi connectivity index (χ4n) is 1.85. The molecule has 1 aromatic carbocycles. The number of aromatic nitrogens is 1. The number of fused-ring (bicyclic) bond motifs is 1. The summed E-state index contributed by atoms with van der Waals surface area (Å²) in [5, 5.41) is 10.2. The lowest BCUT2D eigenvalue weighted by Gasteiger charge is -2.18. The van der Waals surface area contributed by atoms with Crippen LogP contribution in [0.1, 0.15) is 19.4 Å². The summed E-state index contributed by atoms with van der Waals surface area (Å²) in [4.78, 5) is 14.3. The molecule has 2 aromatic rings. The van der Waals surface area contributed by atoms with Crippen molar-refractivity contribution in [2.75, 3.05) is 0 Å². The molecule has 1 heterocycles. The van der Waals surface area contributed by atoms with Crippen molar-refractivity contribution in [3.05, 3.63) is 34.4 Å². The molecule has 0 radical (unpaired) electrons. The Morgan fingerprint density at radius 2 is 2.18 bits per heavy atom. The molecule has 1 aromatic heterocycles. The summed E-state index contributed by atoms with van der Waals surface area (Å²) in [6, 6.07) is 5.96. The van der Waals surface area contributed by atoms with Crippen LogP contribution in [-0.2, 0) is 11.2 Å². The van der Waals surface area contributed by atoms with E-state index in [1.807, 2.05) is 24.4 Å². The number of nitrogens with one attached hydrogen (secondary N) is 1. The monoisotopic (exact) mass is 295 g/mol. The smallest absolute Gasteiger partial charge is 0.309 e. The number of aliphatic carboxylic acids is 1. The van der Waals surface area contributed by atoms with Crippen LogP contribution >= 0.6 is 15.9 Å². The quantitative estimate of drug-likeness (QED) is 0.909. The van der Waals surface area contributed by atoms with Gasteiger partial charge in [-0.3, -0.25) is 4.79 Å². The first-order valence-electron chi connectivity index (χ1n) is 5.39. The zero-order valence-corrected chi connectivity index (χ0v) is 11.3. The van der Waals surface area contributed by atoms with Crippen molar-refractivity contribution in [2.45, 2.75) is 20.3 Å². The molecule has 90 valence electrons. The molecule has 0 fully saturated rings. The SMILES string of the molecule is CC(C)(Cc1c[nH]c2ccc(Br)cc12)C(=O)O. The van der Waals surface area contributed by atoms with Crippen molar-refractivity contribution in [3.8, 4) is 0 Å². The minimum Gasteiger partial charge on any atom is -0.481 e. The van der Waals surface area contributed by atoms with E-state index in [0.29, 0.717) is 6.42 Å². The molecule has 0 saturated carbocycles. The van der Waals surface area contributed by atoms with Gasteiger partial charge in [0.2, 0.25) is 0 Å². The fraction of sp³-hybridized carbons (Fsp3) is 0.308. The molecule has 0 aliphatic heterocycles. The van der Waals surface area contributed by atoms with E-state index >= 15 is 0 Å². The van der Waals surface area contributed by atoms with E-state index < -0.39 is 11.4 Å².